The van der Waals surface area contributed by atoms with Crippen LogP contribution in [0.25, 0.3) is 11.3 Å². The van der Waals surface area contributed by atoms with Gasteiger partial charge in [-0.1, -0.05) is 26.0 Å². The molecule has 0 aliphatic rings. The van der Waals surface area contributed by atoms with E-state index in [1.165, 1.54) is 6.07 Å². The topological polar surface area (TPSA) is 51.8 Å². The van der Waals surface area contributed by atoms with Crippen LogP contribution in [0.5, 0.6) is 0 Å². The third-order valence-corrected chi connectivity index (χ3v) is 3.12. The maximum atomic E-state index is 13.8. The molecule has 0 spiro atoms. The van der Waals surface area contributed by atoms with Crippen molar-refractivity contribution in [2.24, 2.45) is 5.73 Å². The average molecular weight is 259 g/mol. The molecule has 0 aliphatic heterocycles. The Labute approximate surface area is 112 Å². The molecule has 1 aromatic heterocycles. The number of rotatable bonds is 3. The van der Waals surface area contributed by atoms with Crippen molar-refractivity contribution in [3.8, 4) is 11.3 Å². The first-order chi connectivity index (χ1) is 8.94. The summed E-state index contributed by atoms with van der Waals surface area (Å²) in [6, 6.07) is 8.40. The van der Waals surface area contributed by atoms with Crippen LogP contribution >= 0.6 is 0 Å². The van der Waals surface area contributed by atoms with E-state index in [-0.39, 0.29) is 11.2 Å². The maximum absolute atomic E-state index is 13.8. The zero-order valence-electron chi connectivity index (χ0n) is 11.4. The van der Waals surface area contributed by atoms with Crippen LogP contribution in [0.2, 0.25) is 0 Å². The highest BCUT2D eigenvalue weighted by Gasteiger charge is 2.23. The Bertz CT molecular complexity index is 594. The number of hydrogen-bond donors (Lipinski definition) is 1. The standard InChI is InChI=1S/C15H18FN3/c1-10-8-13(11-6-4-5-7-12(11)16)19-14(18-10)15(2,3)9-17/h4-8H,9,17H2,1-3H3. The lowest BCUT2D eigenvalue weighted by Crippen LogP contribution is -2.30. The number of halogens is 1. The number of benzene rings is 1. The van der Waals surface area contributed by atoms with Gasteiger partial charge in [0, 0.05) is 23.2 Å². The van der Waals surface area contributed by atoms with E-state index in [1.54, 1.807) is 24.3 Å². The van der Waals surface area contributed by atoms with Gasteiger partial charge in [-0.3, -0.25) is 0 Å². The molecule has 2 N–H and O–H groups in total. The Morgan fingerprint density at radius 3 is 2.53 bits per heavy atom. The number of aromatic nitrogens is 2. The molecular weight excluding hydrogens is 241 g/mol. The zero-order chi connectivity index (χ0) is 14.0. The minimum Gasteiger partial charge on any atom is -0.329 e. The maximum Gasteiger partial charge on any atom is 0.136 e. The van der Waals surface area contributed by atoms with Crippen molar-refractivity contribution in [1.29, 1.82) is 0 Å². The van der Waals surface area contributed by atoms with Crippen LogP contribution in [0, 0.1) is 12.7 Å². The molecule has 3 nitrogen and oxygen atoms in total. The largest absolute Gasteiger partial charge is 0.329 e. The van der Waals surface area contributed by atoms with E-state index in [9.17, 15) is 4.39 Å². The third kappa shape index (κ3) is 2.79. The molecule has 0 bridgehead atoms. The van der Waals surface area contributed by atoms with Gasteiger partial charge in [0.1, 0.15) is 11.6 Å². The number of aryl methyl sites for hydroxylation is 1. The van der Waals surface area contributed by atoms with E-state index in [0.29, 0.717) is 23.6 Å². The van der Waals surface area contributed by atoms with Crippen molar-refractivity contribution in [3.05, 3.63) is 47.7 Å². The van der Waals surface area contributed by atoms with Crippen LogP contribution in [0.4, 0.5) is 4.39 Å². The van der Waals surface area contributed by atoms with Crippen molar-refractivity contribution < 1.29 is 4.39 Å². The van der Waals surface area contributed by atoms with E-state index in [1.807, 2.05) is 20.8 Å². The second-order valence-electron chi connectivity index (χ2n) is 5.29. The van der Waals surface area contributed by atoms with Gasteiger partial charge in [-0.25, -0.2) is 14.4 Å². The molecule has 0 saturated heterocycles. The molecule has 0 aliphatic carbocycles. The molecule has 1 heterocycles. The Kier molecular flexibility index (Phi) is 3.62. The molecule has 0 unspecified atom stereocenters. The van der Waals surface area contributed by atoms with Crippen LogP contribution in [0.15, 0.2) is 30.3 Å². The molecule has 1 aromatic carbocycles. The number of nitrogens with zero attached hydrogens (tertiary/aromatic N) is 2. The Morgan fingerprint density at radius 1 is 1.21 bits per heavy atom. The molecule has 0 atom stereocenters. The second kappa shape index (κ2) is 5.05. The van der Waals surface area contributed by atoms with Gasteiger partial charge in [0.15, 0.2) is 0 Å². The lowest BCUT2D eigenvalue weighted by Gasteiger charge is -2.21. The van der Waals surface area contributed by atoms with Gasteiger partial charge >= 0.3 is 0 Å². The summed E-state index contributed by atoms with van der Waals surface area (Å²) in [4.78, 5) is 8.89. The summed E-state index contributed by atoms with van der Waals surface area (Å²) in [6.07, 6.45) is 0. The van der Waals surface area contributed by atoms with Crippen LogP contribution in [-0.2, 0) is 5.41 Å². The SMILES string of the molecule is Cc1cc(-c2ccccc2F)nc(C(C)(C)CN)n1. The van der Waals surface area contributed by atoms with Crippen LogP contribution in [0.3, 0.4) is 0 Å². The lowest BCUT2D eigenvalue weighted by atomic mass is 9.92. The molecule has 19 heavy (non-hydrogen) atoms. The Balaban J connectivity index is 2.58. The average Bonchev–Trinajstić information content (AvgIpc) is 2.38. The summed E-state index contributed by atoms with van der Waals surface area (Å²) in [5.41, 5.74) is 7.32. The van der Waals surface area contributed by atoms with Crippen molar-refractivity contribution >= 4 is 0 Å². The van der Waals surface area contributed by atoms with Gasteiger partial charge in [-0.2, -0.15) is 0 Å². The minimum absolute atomic E-state index is 0.280. The Hall–Kier alpha value is -1.81. The highest BCUT2D eigenvalue weighted by atomic mass is 19.1. The van der Waals surface area contributed by atoms with E-state index in [0.717, 1.165) is 5.69 Å². The smallest absolute Gasteiger partial charge is 0.136 e. The summed E-state index contributed by atoms with van der Waals surface area (Å²) >= 11 is 0. The predicted octanol–water partition coefficient (Wildman–Crippen LogP) is 2.83. The zero-order valence-corrected chi connectivity index (χ0v) is 11.4. The Morgan fingerprint density at radius 2 is 1.89 bits per heavy atom. The van der Waals surface area contributed by atoms with Gasteiger partial charge in [0.05, 0.1) is 5.69 Å². The van der Waals surface area contributed by atoms with Gasteiger partial charge in [-0.05, 0) is 25.1 Å². The second-order valence-corrected chi connectivity index (χ2v) is 5.29. The fourth-order valence-electron chi connectivity index (χ4n) is 1.77. The number of nitrogens with two attached hydrogens (primary N) is 1. The minimum atomic E-state index is -0.327. The van der Waals surface area contributed by atoms with Crippen molar-refractivity contribution in [1.82, 2.24) is 9.97 Å². The predicted molar refractivity (Wildman–Crippen MR) is 74.2 cm³/mol. The normalized spacial score (nSPS) is 11.6. The monoisotopic (exact) mass is 259 g/mol. The van der Waals surface area contributed by atoms with Gasteiger partial charge in [-0.15, -0.1) is 0 Å². The fourth-order valence-corrected chi connectivity index (χ4v) is 1.77. The quantitative estimate of drug-likeness (QED) is 0.922. The van der Waals surface area contributed by atoms with Crippen molar-refractivity contribution in [3.63, 3.8) is 0 Å². The van der Waals surface area contributed by atoms with Crippen LogP contribution < -0.4 is 5.73 Å². The molecule has 0 fully saturated rings. The van der Waals surface area contributed by atoms with Gasteiger partial charge in [0.2, 0.25) is 0 Å². The molecule has 2 rings (SSSR count). The van der Waals surface area contributed by atoms with E-state index in [4.69, 9.17) is 5.73 Å². The van der Waals surface area contributed by atoms with Gasteiger partial charge < -0.3 is 5.73 Å². The molecule has 4 heteroatoms. The highest BCUT2D eigenvalue weighted by molar-refractivity contribution is 5.60. The van der Waals surface area contributed by atoms with E-state index >= 15 is 0 Å². The molecule has 0 amide bonds. The summed E-state index contributed by atoms with van der Waals surface area (Å²) < 4.78 is 13.8. The molecule has 0 radical (unpaired) electrons. The van der Waals surface area contributed by atoms with Crippen LogP contribution in [0.1, 0.15) is 25.4 Å². The van der Waals surface area contributed by atoms with Crippen molar-refractivity contribution in [2.75, 3.05) is 6.54 Å². The van der Waals surface area contributed by atoms with E-state index in [2.05, 4.69) is 9.97 Å². The molecule has 100 valence electrons. The summed E-state index contributed by atoms with van der Waals surface area (Å²) in [7, 11) is 0. The third-order valence-electron chi connectivity index (χ3n) is 3.12. The van der Waals surface area contributed by atoms with Gasteiger partial charge in [0.25, 0.3) is 0 Å². The first-order valence-electron chi connectivity index (χ1n) is 6.25. The summed E-state index contributed by atoms with van der Waals surface area (Å²) in [6.45, 7) is 6.27. The van der Waals surface area contributed by atoms with Crippen LogP contribution in [-0.4, -0.2) is 16.5 Å². The van der Waals surface area contributed by atoms with Crippen molar-refractivity contribution in [2.45, 2.75) is 26.2 Å². The summed E-state index contributed by atoms with van der Waals surface area (Å²) in [5, 5.41) is 0. The first-order valence-corrected chi connectivity index (χ1v) is 6.25. The first kappa shape index (κ1) is 13.6. The van der Waals surface area contributed by atoms with E-state index < -0.39 is 0 Å². The summed E-state index contributed by atoms with van der Waals surface area (Å²) in [5.74, 6) is 0.366. The molecule has 0 saturated carbocycles. The highest BCUT2D eigenvalue weighted by Crippen LogP contribution is 2.25. The lowest BCUT2D eigenvalue weighted by molar-refractivity contribution is 0.501. The number of hydrogen-bond acceptors (Lipinski definition) is 3. The molecular formula is C15H18FN3. The molecule has 2 aromatic rings. The fraction of sp³-hybridized carbons (Fsp3) is 0.333.